The lowest BCUT2D eigenvalue weighted by molar-refractivity contribution is 1.18. The van der Waals surface area contributed by atoms with Crippen LogP contribution < -0.4 is 5.32 Å². The summed E-state index contributed by atoms with van der Waals surface area (Å²) in [6.07, 6.45) is 0. The summed E-state index contributed by atoms with van der Waals surface area (Å²) in [6, 6.07) is 65.0. The zero-order valence-corrected chi connectivity index (χ0v) is 27.2. The molecule has 0 aliphatic carbocycles. The van der Waals surface area contributed by atoms with Gasteiger partial charge in [0, 0.05) is 50.1 Å². The molecule has 0 radical (unpaired) electrons. The van der Waals surface area contributed by atoms with Crippen molar-refractivity contribution in [1.82, 2.24) is 9.55 Å². The second-order valence-electron chi connectivity index (χ2n) is 12.9. The van der Waals surface area contributed by atoms with Gasteiger partial charge in [0.05, 0.1) is 22.4 Å². The third kappa shape index (κ3) is 4.63. The van der Waals surface area contributed by atoms with Gasteiger partial charge in [-0.2, -0.15) is 0 Å². The van der Waals surface area contributed by atoms with Gasteiger partial charge in [0.25, 0.3) is 0 Å². The fraction of sp³-hybridized carbons (Fsp3) is 0. The van der Waals surface area contributed by atoms with Crippen LogP contribution in [0.5, 0.6) is 0 Å². The molecular weight excluding hydrogens is 607 g/mol. The Kier molecular flexibility index (Phi) is 6.49. The molecule has 0 bridgehead atoms. The Labute approximate surface area is 290 Å². The Morgan fingerprint density at radius 2 is 0.980 bits per heavy atom. The lowest BCUT2D eigenvalue weighted by Gasteiger charge is -2.14. The average molecular weight is 638 g/mol. The van der Waals surface area contributed by atoms with Crippen LogP contribution >= 0.6 is 0 Å². The van der Waals surface area contributed by atoms with Crippen LogP contribution in [0.1, 0.15) is 0 Å². The molecule has 0 unspecified atom stereocenters. The van der Waals surface area contributed by atoms with E-state index in [1.807, 2.05) is 6.07 Å². The van der Waals surface area contributed by atoms with Gasteiger partial charge in [-0.05, 0) is 70.8 Å². The minimum absolute atomic E-state index is 0.941. The first kappa shape index (κ1) is 28.3. The highest BCUT2D eigenvalue weighted by Gasteiger charge is 2.22. The van der Waals surface area contributed by atoms with Crippen molar-refractivity contribution in [2.75, 3.05) is 5.32 Å². The van der Waals surface area contributed by atoms with E-state index < -0.39 is 0 Å². The van der Waals surface area contributed by atoms with Gasteiger partial charge in [-0.25, -0.2) is 4.98 Å². The summed E-state index contributed by atoms with van der Waals surface area (Å²) in [4.78, 5) is 5.24. The standard InChI is InChI=1S/C47H31N3/c1-3-14-31(15-4-1)34-27-43(32-16-5-2-6-17-32)49-44(28-34)33-18-13-19-35(26-33)50-46-25-12-10-23-39(46)41-29-40-37-21-8-7-20-36(37)38-22-9-11-24-42(38)48-45(40)30-47(41)50/h1-30,48H. The van der Waals surface area contributed by atoms with E-state index in [9.17, 15) is 0 Å². The van der Waals surface area contributed by atoms with E-state index in [1.54, 1.807) is 0 Å². The third-order valence-corrected chi connectivity index (χ3v) is 9.92. The molecule has 0 spiro atoms. The van der Waals surface area contributed by atoms with Crippen molar-refractivity contribution in [2.24, 2.45) is 0 Å². The van der Waals surface area contributed by atoms with E-state index in [0.29, 0.717) is 0 Å². The molecule has 3 nitrogen and oxygen atoms in total. The van der Waals surface area contributed by atoms with Crippen LogP contribution in [0.3, 0.4) is 0 Å². The third-order valence-electron chi connectivity index (χ3n) is 9.92. The van der Waals surface area contributed by atoms with Gasteiger partial charge < -0.3 is 9.88 Å². The van der Waals surface area contributed by atoms with Gasteiger partial charge in [0.1, 0.15) is 0 Å². The summed E-state index contributed by atoms with van der Waals surface area (Å²) in [5, 5.41) is 6.27. The summed E-state index contributed by atoms with van der Waals surface area (Å²) in [5.41, 5.74) is 16.9. The number of nitrogens with one attached hydrogen (secondary N) is 1. The molecule has 7 aromatic carbocycles. The van der Waals surface area contributed by atoms with Crippen molar-refractivity contribution in [3.63, 3.8) is 0 Å². The molecule has 2 aromatic heterocycles. The number of anilines is 2. The van der Waals surface area contributed by atoms with Crippen molar-refractivity contribution < 1.29 is 0 Å². The van der Waals surface area contributed by atoms with Gasteiger partial charge in [-0.15, -0.1) is 0 Å². The fourth-order valence-electron chi connectivity index (χ4n) is 7.58. The van der Waals surface area contributed by atoms with Crippen molar-refractivity contribution in [2.45, 2.75) is 0 Å². The molecule has 0 atom stereocenters. The van der Waals surface area contributed by atoms with Crippen LogP contribution in [-0.2, 0) is 0 Å². The average Bonchev–Trinajstić information content (AvgIpc) is 3.44. The molecule has 1 N–H and O–H groups in total. The molecule has 1 aliphatic rings. The number of fused-ring (bicyclic) bond motifs is 8. The van der Waals surface area contributed by atoms with E-state index >= 15 is 0 Å². The molecule has 10 rings (SSSR count). The molecule has 0 saturated carbocycles. The summed E-state index contributed by atoms with van der Waals surface area (Å²) in [7, 11) is 0. The molecule has 3 heteroatoms. The first-order valence-corrected chi connectivity index (χ1v) is 17.1. The number of para-hydroxylation sites is 2. The number of hydrogen-bond donors (Lipinski definition) is 1. The second-order valence-corrected chi connectivity index (χ2v) is 12.9. The number of aromatic nitrogens is 2. The van der Waals surface area contributed by atoms with Gasteiger partial charge in [0.2, 0.25) is 0 Å². The zero-order chi connectivity index (χ0) is 33.0. The molecule has 0 saturated heterocycles. The van der Waals surface area contributed by atoms with E-state index in [2.05, 4.69) is 186 Å². The highest BCUT2D eigenvalue weighted by atomic mass is 15.0. The van der Waals surface area contributed by atoms with Crippen LogP contribution in [0.25, 0.3) is 83.4 Å². The van der Waals surface area contributed by atoms with Gasteiger partial charge >= 0.3 is 0 Å². The molecule has 0 fully saturated rings. The highest BCUT2D eigenvalue weighted by Crippen LogP contribution is 2.47. The number of pyridine rings is 1. The maximum Gasteiger partial charge on any atom is 0.0716 e. The lowest BCUT2D eigenvalue weighted by Crippen LogP contribution is -1.97. The molecular formula is C47H31N3. The maximum atomic E-state index is 5.24. The fourth-order valence-corrected chi connectivity index (χ4v) is 7.58. The number of benzene rings is 7. The Morgan fingerprint density at radius 1 is 0.360 bits per heavy atom. The van der Waals surface area contributed by atoms with Crippen LogP contribution in [-0.4, -0.2) is 9.55 Å². The Balaban J connectivity index is 1.18. The Morgan fingerprint density at radius 3 is 1.78 bits per heavy atom. The van der Waals surface area contributed by atoms with Crippen molar-refractivity contribution in [1.29, 1.82) is 0 Å². The zero-order valence-electron chi connectivity index (χ0n) is 27.2. The predicted octanol–water partition coefficient (Wildman–Crippen LogP) is 12.6. The van der Waals surface area contributed by atoms with E-state index in [4.69, 9.17) is 4.98 Å². The SMILES string of the molecule is c1ccc(-c2cc(-c3ccccc3)nc(-c3cccc(-n4c5ccccc5c5cc6c(cc54)Nc4ccccc4-c4ccccc4-6)c3)c2)cc1. The normalized spacial score (nSPS) is 11.8. The number of rotatable bonds is 4. The minimum Gasteiger partial charge on any atom is -0.354 e. The quantitative estimate of drug-likeness (QED) is 0.208. The predicted molar refractivity (Wildman–Crippen MR) is 209 cm³/mol. The Bertz CT molecular complexity index is 2670. The van der Waals surface area contributed by atoms with Crippen LogP contribution in [0.2, 0.25) is 0 Å². The Hall–Kier alpha value is -6.71. The summed E-state index contributed by atoms with van der Waals surface area (Å²) < 4.78 is 2.40. The first-order chi connectivity index (χ1) is 24.8. The van der Waals surface area contributed by atoms with Crippen LogP contribution in [0, 0.1) is 0 Å². The summed E-state index contributed by atoms with van der Waals surface area (Å²) >= 11 is 0. The number of nitrogens with zero attached hydrogens (tertiary/aromatic N) is 2. The minimum atomic E-state index is 0.941. The maximum absolute atomic E-state index is 5.24. The number of hydrogen-bond acceptors (Lipinski definition) is 2. The molecule has 3 heterocycles. The molecule has 1 aliphatic heterocycles. The highest BCUT2D eigenvalue weighted by molar-refractivity contribution is 6.14. The van der Waals surface area contributed by atoms with Crippen molar-refractivity contribution in [3.8, 4) is 61.6 Å². The summed E-state index contributed by atoms with van der Waals surface area (Å²) in [6.45, 7) is 0. The van der Waals surface area contributed by atoms with E-state index in [1.165, 1.54) is 44.1 Å². The van der Waals surface area contributed by atoms with Crippen molar-refractivity contribution >= 4 is 33.2 Å². The van der Waals surface area contributed by atoms with Crippen molar-refractivity contribution in [3.05, 3.63) is 182 Å². The molecule has 234 valence electrons. The van der Waals surface area contributed by atoms with Gasteiger partial charge in [-0.1, -0.05) is 133 Å². The lowest BCUT2D eigenvalue weighted by atomic mass is 9.94. The topological polar surface area (TPSA) is 29.9 Å². The monoisotopic (exact) mass is 637 g/mol. The van der Waals surface area contributed by atoms with Crippen LogP contribution in [0.4, 0.5) is 11.4 Å². The first-order valence-electron chi connectivity index (χ1n) is 17.1. The molecule has 0 amide bonds. The molecule has 9 aromatic rings. The second kappa shape index (κ2) is 11.5. The van der Waals surface area contributed by atoms with E-state index in [-0.39, 0.29) is 0 Å². The summed E-state index contributed by atoms with van der Waals surface area (Å²) in [5.74, 6) is 0. The van der Waals surface area contributed by atoms with E-state index in [0.717, 1.165) is 50.7 Å². The van der Waals surface area contributed by atoms with Gasteiger partial charge in [0.15, 0.2) is 0 Å². The largest absolute Gasteiger partial charge is 0.354 e. The van der Waals surface area contributed by atoms with Crippen LogP contribution in [0.15, 0.2) is 182 Å². The van der Waals surface area contributed by atoms with Gasteiger partial charge in [-0.3, -0.25) is 0 Å². The molecule has 50 heavy (non-hydrogen) atoms. The smallest absolute Gasteiger partial charge is 0.0716 e.